The minimum atomic E-state index is -1.24. The number of nitrogens with one attached hydrogen (secondary N) is 1. The molecule has 26 heavy (non-hydrogen) atoms. The van der Waals surface area contributed by atoms with E-state index in [1.54, 1.807) is 0 Å². The van der Waals surface area contributed by atoms with E-state index in [-0.39, 0.29) is 35.5 Å². The van der Waals surface area contributed by atoms with Crippen molar-refractivity contribution in [1.29, 1.82) is 0 Å². The van der Waals surface area contributed by atoms with E-state index in [4.69, 9.17) is 0 Å². The Morgan fingerprint density at radius 1 is 0.846 bits per heavy atom. The average molecular weight is 376 g/mol. The smallest absolute Gasteiger partial charge is 0.548 e. The minimum absolute atomic E-state index is 0. The van der Waals surface area contributed by atoms with E-state index in [1.807, 2.05) is 0 Å². The summed E-state index contributed by atoms with van der Waals surface area (Å²) in [5.41, 5.74) is 0. The molecule has 0 bridgehead atoms. The number of unbranched alkanes of at least 4 members (excludes halogenated alkanes) is 11. The van der Waals surface area contributed by atoms with Crippen molar-refractivity contribution in [3.05, 3.63) is 12.2 Å². The molecule has 1 atom stereocenters. The normalized spacial score (nSPS) is 11.9. The maximum Gasteiger partial charge on any atom is 1.00 e. The summed E-state index contributed by atoms with van der Waals surface area (Å²) in [6.07, 6.45) is 20.9. The van der Waals surface area contributed by atoms with Crippen molar-refractivity contribution in [2.75, 3.05) is 0 Å². The van der Waals surface area contributed by atoms with Gasteiger partial charge in [0.05, 0.1) is 12.0 Å². The first-order valence-electron chi connectivity index (χ1n) is 10.2. The van der Waals surface area contributed by atoms with Crippen molar-refractivity contribution in [3.63, 3.8) is 0 Å². The summed E-state index contributed by atoms with van der Waals surface area (Å²) in [4.78, 5) is 22.0. The van der Waals surface area contributed by atoms with Gasteiger partial charge in [-0.25, -0.2) is 0 Å². The second kappa shape index (κ2) is 21.0. The van der Waals surface area contributed by atoms with Gasteiger partial charge in [0.25, 0.3) is 0 Å². The third-order valence-electron chi connectivity index (χ3n) is 4.40. The van der Waals surface area contributed by atoms with Crippen LogP contribution in [0.1, 0.15) is 104 Å². The monoisotopic (exact) mass is 375 g/mol. The minimum Gasteiger partial charge on any atom is -0.548 e. The van der Waals surface area contributed by atoms with Crippen LogP contribution in [0.3, 0.4) is 0 Å². The van der Waals surface area contributed by atoms with Gasteiger partial charge in [0.15, 0.2) is 0 Å². The maximum atomic E-state index is 11.5. The van der Waals surface area contributed by atoms with Gasteiger partial charge in [-0.3, -0.25) is 4.79 Å². The molecule has 0 aliphatic heterocycles. The Hall–Kier alpha value is -0.320. The van der Waals surface area contributed by atoms with Gasteiger partial charge >= 0.3 is 29.6 Å². The fraction of sp³-hybridized carbons (Fsp3) is 0.810. The van der Waals surface area contributed by atoms with Gasteiger partial charge in [-0.1, -0.05) is 70.4 Å². The van der Waals surface area contributed by atoms with Gasteiger partial charge in [-0.15, -0.1) is 0 Å². The first kappa shape index (κ1) is 27.9. The van der Waals surface area contributed by atoms with Crippen molar-refractivity contribution in [1.82, 2.24) is 5.32 Å². The van der Waals surface area contributed by atoms with Crippen molar-refractivity contribution in [2.24, 2.45) is 0 Å². The third kappa shape index (κ3) is 20.0. The van der Waals surface area contributed by atoms with E-state index in [9.17, 15) is 14.7 Å². The predicted octanol–water partition coefficient (Wildman–Crippen LogP) is 1.28. The van der Waals surface area contributed by atoms with Crippen LogP contribution in [0.2, 0.25) is 0 Å². The largest absolute Gasteiger partial charge is 1.00 e. The number of carbonyl (C=O) groups excluding carboxylic acids is 2. The van der Waals surface area contributed by atoms with Crippen molar-refractivity contribution in [2.45, 2.75) is 110 Å². The number of carboxylic acid groups (broad SMARTS) is 1. The number of carboxylic acids is 1. The molecule has 5 heteroatoms. The molecule has 1 unspecified atom stereocenters. The Kier molecular flexibility index (Phi) is 22.5. The first-order valence-corrected chi connectivity index (χ1v) is 10.2. The standard InChI is InChI=1S/C21H39NO3.Na/c1-3-4-5-6-7-8-9-10-11-12-13-14-15-16-17-18-20(23)22-19(2)21(24)25;/h10-11,19H,3-9,12-18H2,1-2H3,(H,22,23)(H,24,25);/q;+1/p-1/b11-10-;. The van der Waals surface area contributed by atoms with Crippen LogP contribution in [-0.4, -0.2) is 17.9 Å². The molecule has 0 spiro atoms. The molecule has 1 amide bonds. The molecule has 0 aliphatic carbocycles. The van der Waals surface area contributed by atoms with Crippen molar-refractivity contribution >= 4 is 11.9 Å². The number of hydrogen-bond donors (Lipinski definition) is 1. The Labute approximate surface area is 182 Å². The molecular formula is C21H38NNaO3. The zero-order valence-electron chi connectivity index (χ0n) is 17.4. The Morgan fingerprint density at radius 2 is 1.31 bits per heavy atom. The Balaban J connectivity index is 0. The molecule has 0 aromatic heterocycles. The van der Waals surface area contributed by atoms with E-state index in [1.165, 1.54) is 64.7 Å². The van der Waals surface area contributed by atoms with Crippen LogP contribution < -0.4 is 40.0 Å². The molecule has 1 N–H and O–H groups in total. The molecule has 0 fully saturated rings. The summed E-state index contributed by atoms with van der Waals surface area (Å²) in [5, 5.41) is 12.9. The van der Waals surface area contributed by atoms with Gasteiger partial charge in [0.2, 0.25) is 5.91 Å². The summed E-state index contributed by atoms with van der Waals surface area (Å²) in [5.74, 6) is -1.44. The third-order valence-corrected chi connectivity index (χ3v) is 4.40. The molecular weight excluding hydrogens is 337 g/mol. The molecule has 0 rings (SSSR count). The number of allylic oxidation sites excluding steroid dienone is 2. The zero-order chi connectivity index (χ0) is 18.8. The Morgan fingerprint density at radius 3 is 1.81 bits per heavy atom. The summed E-state index contributed by atoms with van der Waals surface area (Å²) in [7, 11) is 0. The molecule has 0 saturated heterocycles. The summed E-state index contributed by atoms with van der Waals surface area (Å²) >= 11 is 0. The molecule has 146 valence electrons. The predicted molar refractivity (Wildman–Crippen MR) is 102 cm³/mol. The molecule has 4 nitrogen and oxygen atoms in total. The number of carbonyl (C=O) groups is 2. The van der Waals surface area contributed by atoms with E-state index in [2.05, 4.69) is 24.4 Å². The molecule has 0 heterocycles. The van der Waals surface area contributed by atoms with E-state index in [0.717, 1.165) is 25.7 Å². The fourth-order valence-electron chi connectivity index (χ4n) is 2.73. The molecule has 0 radical (unpaired) electrons. The second-order valence-electron chi connectivity index (χ2n) is 6.94. The van der Waals surface area contributed by atoms with Gasteiger partial charge in [-0.2, -0.15) is 0 Å². The van der Waals surface area contributed by atoms with Crippen LogP contribution in [0.25, 0.3) is 0 Å². The van der Waals surface area contributed by atoms with Gasteiger partial charge < -0.3 is 15.2 Å². The van der Waals surface area contributed by atoms with Crippen LogP contribution in [-0.2, 0) is 9.59 Å². The van der Waals surface area contributed by atoms with Crippen LogP contribution in [0.15, 0.2) is 12.2 Å². The SMILES string of the molecule is CCCCCCCC/C=C\CCCCCCCC(=O)NC(C)C(=O)[O-].[Na+]. The number of aliphatic carboxylic acids is 1. The summed E-state index contributed by atoms with van der Waals surface area (Å²) < 4.78 is 0. The first-order chi connectivity index (χ1) is 12.1. The van der Waals surface area contributed by atoms with Crippen LogP contribution >= 0.6 is 0 Å². The van der Waals surface area contributed by atoms with Crippen LogP contribution in [0, 0.1) is 0 Å². The van der Waals surface area contributed by atoms with Gasteiger partial charge in [-0.05, 0) is 39.0 Å². The topological polar surface area (TPSA) is 69.2 Å². The number of amides is 1. The molecule has 0 aromatic carbocycles. The van der Waals surface area contributed by atoms with Crippen LogP contribution in [0.5, 0.6) is 0 Å². The van der Waals surface area contributed by atoms with Gasteiger partial charge in [0, 0.05) is 6.42 Å². The van der Waals surface area contributed by atoms with Crippen molar-refractivity contribution < 1.29 is 44.3 Å². The molecule has 0 saturated carbocycles. The second-order valence-corrected chi connectivity index (χ2v) is 6.94. The molecule has 0 aliphatic rings. The fourth-order valence-corrected chi connectivity index (χ4v) is 2.73. The zero-order valence-corrected chi connectivity index (χ0v) is 19.4. The average Bonchev–Trinajstić information content (AvgIpc) is 2.58. The van der Waals surface area contributed by atoms with E-state index >= 15 is 0 Å². The molecule has 0 aromatic rings. The van der Waals surface area contributed by atoms with Crippen LogP contribution in [0.4, 0.5) is 0 Å². The summed E-state index contributed by atoms with van der Waals surface area (Å²) in [6, 6.07) is -0.907. The number of hydrogen-bond acceptors (Lipinski definition) is 3. The van der Waals surface area contributed by atoms with Gasteiger partial charge in [0.1, 0.15) is 0 Å². The van der Waals surface area contributed by atoms with E-state index < -0.39 is 12.0 Å². The Bertz CT molecular complexity index is 372. The van der Waals surface area contributed by atoms with E-state index in [0.29, 0.717) is 6.42 Å². The maximum absolute atomic E-state index is 11.5. The van der Waals surface area contributed by atoms with Crippen molar-refractivity contribution in [3.8, 4) is 0 Å². The number of rotatable bonds is 17. The summed E-state index contributed by atoms with van der Waals surface area (Å²) in [6.45, 7) is 3.67. The quantitative estimate of drug-likeness (QED) is 0.237.